The van der Waals surface area contributed by atoms with Crippen LogP contribution < -0.4 is 9.64 Å². The molecular weight excluding hydrogens is 350 g/mol. The van der Waals surface area contributed by atoms with Gasteiger partial charge in [-0.1, -0.05) is 12.1 Å². The van der Waals surface area contributed by atoms with Gasteiger partial charge in [0.2, 0.25) is 5.91 Å². The van der Waals surface area contributed by atoms with Crippen LogP contribution in [0.15, 0.2) is 47.1 Å². The molecule has 4 rings (SSSR count). The molecular formula is C19H19N3O5. The van der Waals surface area contributed by atoms with E-state index in [9.17, 15) is 14.4 Å². The average Bonchev–Trinajstić information content (AvgIpc) is 3.24. The van der Waals surface area contributed by atoms with E-state index in [1.54, 1.807) is 40.1 Å². The van der Waals surface area contributed by atoms with E-state index < -0.39 is 0 Å². The number of hydrogen-bond donors (Lipinski definition) is 0. The SMILES string of the molecule is O=C(CN1C(=O)COc2ccccc21)N1CCN(C(=O)c2ccco2)CC1. The summed E-state index contributed by atoms with van der Waals surface area (Å²) in [6.07, 6.45) is 1.46. The lowest BCUT2D eigenvalue weighted by atomic mass is 10.2. The van der Waals surface area contributed by atoms with Gasteiger partial charge < -0.3 is 19.0 Å². The molecule has 0 N–H and O–H groups in total. The first-order valence-electron chi connectivity index (χ1n) is 8.76. The van der Waals surface area contributed by atoms with Gasteiger partial charge >= 0.3 is 0 Å². The standard InChI is InChI=1S/C19H19N3O5/c23-17(12-22-14-4-1-2-5-15(14)27-13-18(22)24)20-7-9-21(10-8-20)19(25)16-6-3-11-26-16/h1-6,11H,7-10,12-13H2. The molecule has 0 aliphatic carbocycles. The van der Waals surface area contributed by atoms with Crippen LogP contribution >= 0.6 is 0 Å². The number of benzene rings is 1. The zero-order valence-electron chi connectivity index (χ0n) is 14.7. The van der Waals surface area contributed by atoms with Gasteiger partial charge in [-0.05, 0) is 24.3 Å². The van der Waals surface area contributed by atoms with Crippen LogP contribution in [0.25, 0.3) is 0 Å². The molecule has 0 atom stereocenters. The summed E-state index contributed by atoms with van der Waals surface area (Å²) in [6, 6.07) is 10.5. The van der Waals surface area contributed by atoms with Gasteiger partial charge in [-0.25, -0.2) is 0 Å². The second-order valence-electron chi connectivity index (χ2n) is 6.39. The Morgan fingerprint density at radius 2 is 1.70 bits per heavy atom. The number of nitrogens with zero attached hydrogens (tertiary/aromatic N) is 3. The Morgan fingerprint density at radius 3 is 2.44 bits per heavy atom. The van der Waals surface area contributed by atoms with Crippen molar-refractivity contribution in [1.29, 1.82) is 0 Å². The molecule has 2 aromatic rings. The van der Waals surface area contributed by atoms with Gasteiger partial charge in [0, 0.05) is 26.2 Å². The van der Waals surface area contributed by atoms with Crippen LogP contribution in [0.3, 0.4) is 0 Å². The zero-order chi connectivity index (χ0) is 18.8. The van der Waals surface area contributed by atoms with Crippen LogP contribution in [0.2, 0.25) is 0 Å². The molecule has 3 heterocycles. The summed E-state index contributed by atoms with van der Waals surface area (Å²) >= 11 is 0. The zero-order valence-corrected chi connectivity index (χ0v) is 14.7. The van der Waals surface area contributed by atoms with Gasteiger partial charge in [0.25, 0.3) is 11.8 Å². The van der Waals surface area contributed by atoms with Crippen molar-refractivity contribution in [3.8, 4) is 5.75 Å². The summed E-state index contributed by atoms with van der Waals surface area (Å²) < 4.78 is 10.5. The Bertz CT molecular complexity index is 856. The molecule has 0 bridgehead atoms. The molecule has 0 unspecified atom stereocenters. The molecule has 27 heavy (non-hydrogen) atoms. The molecule has 0 spiro atoms. The molecule has 2 aliphatic heterocycles. The minimum Gasteiger partial charge on any atom is -0.482 e. The number of furan rings is 1. The van der Waals surface area contributed by atoms with Crippen molar-refractivity contribution in [2.45, 2.75) is 0 Å². The number of piperazine rings is 1. The number of ether oxygens (including phenoxy) is 1. The molecule has 8 heteroatoms. The van der Waals surface area contributed by atoms with Crippen LogP contribution in [0.4, 0.5) is 5.69 Å². The molecule has 1 aromatic carbocycles. The van der Waals surface area contributed by atoms with Crippen LogP contribution in [-0.4, -0.2) is 66.9 Å². The average molecular weight is 369 g/mol. The maximum atomic E-state index is 12.7. The summed E-state index contributed by atoms with van der Waals surface area (Å²) in [5, 5.41) is 0. The Morgan fingerprint density at radius 1 is 0.963 bits per heavy atom. The number of carbonyl (C=O) groups excluding carboxylic acids is 3. The van der Waals surface area contributed by atoms with E-state index in [1.165, 1.54) is 11.2 Å². The van der Waals surface area contributed by atoms with E-state index >= 15 is 0 Å². The number of para-hydroxylation sites is 2. The first kappa shape index (κ1) is 17.1. The number of hydrogen-bond acceptors (Lipinski definition) is 5. The van der Waals surface area contributed by atoms with Gasteiger partial charge in [0.1, 0.15) is 12.3 Å². The first-order valence-corrected chi connectivity index (χ1v) is 8.76. The highest BCUT2D eigenvalue weighted by Crippen LogP contribution is 2.31. The number of fused-ring (bicyclic) bond motifs is 1. The fraction of sp³-hybridized carbons (Fsp3) is 0.316. The van der Waals surface area contributed by atoms with E-state index in [0.717, 1.165) is 0 Å². The van der Waals surface area contributed by atoms with Gasteiger partial charge in [0.05, 0.1) is 12.0 Å². The van der Waals surface area contributed by atoms with Crippen molar-refractivity contribution in [3.63, 3.8) is 0 Å². The molecule has 1 fully saturated rings. The minimum absolute atomic E-state index is 0.0364. The largest absolute Gasteiger partial charge is 0.482 e. The maximum Gasteiger partial charge on any atom is 0.289 e. The summed E-state index contributed by atoms with van der Waals surface area (Å²) in [4.78, 5) is 42.0. The number of rotatable bonds is 3. The first-order chi connectivity index (χ1) is 13.1. The molecule has 140 valence electrons. The predicted octanol–water partition coefficient (Wildman–Crippen LogP) is 0.990. The van der Waals surface area contributed by atoms with Gasteiger partial charge in [-0.15, -0.1) is 0 Å². The normalized spacial score (nSPS) is 16.7. The van der Waals surface area contributed by atoms with Crippen LogP contribution in [0, 0.1) is 0 Å². The third-order valence-electron chi connectivity index (χ3n) is 4.75. The summed E-state index contributed by atoms with van der Waals surface area (Å²) in [5.41, 5.74) is 0.605. The quantitative estimate of drug-likeness (QED) is 0.806. The topological polar surface area (TPSA) is 83.3 Å². The Hall–Kier alpha value is -3.29. The van der Waals surface area contributed by atoms with Crippen LogP contribution in [0.5, 0.6) is 5.75 Å². The fourth-order valence-corrected chi connectivity index (χ4v) is 3.28. The van der Waals surface area contributed by atoms with E-state index in [0.29, 0.717) is 43.4 Å². The van der Waals surface area contributed by atoms with E-state index in [-0.39, 0.29) is 30.9 Å². The lowest BCUT2D eigenvalue weighted by Gasteiger charge is -2.36. The van der Waals surface area contributed by atoms with E-state index in [4.69, 9.17) is 9.15 Å². The predicted molar refractivity (Wildman–Crippen MR) is 95.5 cm³/mol. The Kier molecular flexibility index (Phi) is 4.53. The van der Waals surface area contributed by atoms with Crippen LogP contribution in [0.1, 0.15) is 10.6 Å². The minimum atomic E-state index is -0.242. The lowest BCUT2D eigenvalue weighted by molar-refractivity contribution is -0.133. The summed E-state index contributed by atoms with van der Waals surface area (Å²) in [5.74, 6) is 0.326. The van der Waals surface area contributed by atoms with Crippen molar-refractivity contribution in [1.82, 2.24) is 9.80 Å². The van der Waals surface area contributed by atoms with E-state index in [2.05, 4.69) is 0 Å². The number of anilines is 1. The molecule has 0 saturated carbocycles. The van der Waals surface area contributed by atoms with E-state index in [1.807, 2.05) is 6.07 Å². The molecule has 1 aromatic heterocycles. The maximum absolute atomic E-state index is 12.7. The second kappa shape index (κ2) is 7.14. The monoisotopic (exact) mass is 369 g/mol. The lowest BCUT2D eigenvalue weighted by Crippen LogP contribution is -2.53. The van der Waals surface area contributed by atoms with Crippen molar-refractivity contribution in [2.75, 3.05) is 44.2 Å². The molecule has 8 nitrogen and oxygen atoms in total. The summed E-state index contributed by atoms with van der Waals surface area (Å²) in [7, 11) is 0. The van der Waals surface area contributed by atoms with Crippen molar-refractivity contribution >= 4 is 23.4 Å². The van der Waals surface area contributed by atoms with Gasteiger partial charge in [-0.2, -0.15) is 0 Å². The Balaban J connectivity index is 1.38. The molecule has 2 aliphatic rings. The third kappa shape index (κ3) is 3.38. The van der Waals surface area contributed by atoms with Crippen LogP contribution in [-0.2, 0) is 9.59 Å². The fourth-order valence-electron chi connectivity index (χ4n) is 3.28. The van der Waals surface area contributed by atoms with Crippen molar-refractivity contribution in [2.24, 2.45) is 0 Å². The third-order valence-corrected chi connectivity index (χ3v) is 4.75. The highest BCUT2D eigenvalue weighted by molar-refractivity contribution is 6.02. The molecule has 3 amide bonds. The summed E-state index contributed by atoms with van der Waals surface area (Å²) in [6.45, 7) is 1.59. The number of carbonyl (C=O) groups is 3. The van der Waals surface area contributed by atoms with Crippen molar-refractivity contribution in [3.05, 3.63) is 48.4 Å². The smallest absolute Gasteiger partial charge is 0.289 e. The number of amides is 3. The van der Waals surface area contributed by atoms with Gasteiger partial charge in [0.15, 0.2) is 12.4 Å². The molecule has 1 saturated heterocycles. The second-order valence-corrected chi connectivity index (χ2v) is 6.39. The van der Waals surface area contributed by atoms with Crippen molar-refractivity contribution < 1.29 is 23.5 Å². The Labute approximate surface area is 155 Å². The highest BCUT2D eigenvalue weighted by atomic mass is 16.5. The molecule has 0 radical (unpaired) electrons. The van der Waals surface area contributed by atoms with Gasteiger partial charge in [-0.3, -0.25) is 19.3 Å². The highest BCUT2D eigenvalue weighted by Gasteiger charge is 2.31.